The number of rotatable bonds is 2. The number of amides is 2. The van der Waals surface area contributed by atoms with Gasteiger partial charge in [0.2, 0.25) is 0 Å². The predicted molar refractivity (Wildman–Crippen MR) is 74.0 cm³/mol. The van der Waals surface area contributed by atoms with E-state index in [1.54, 1.807) is 24.3 Å². The van der Waals surface area contributed by atoms with Gasteiger partial charge in [0.25, 0.3) is 11.8 Å². The number of hydroxylamine groups is 2. The van der Waals surface area contributed by atoms with Crippen LogP contribution in [0, 0.1) is 11.5 Å². The Balaban J connectivity index is 2.06. The SMILES string of the molecule is C[Si](C)(C)C#CCON1C(=O)c2ccccc2C1=O. The van der Waals surface area contributed by atoms with E-state index in [1.165, 1.54) is 0 Å². The van der Waals surface area contributed by atoms with Crippen molar-refractivity contribution in [2.45, 2.75) is 19.6 Å². The molecule has 1 aromatic rings. The van der Waals surface area contributed by atoms with Crippen LogP contribution in [-0.2, 0) is 4.84 Å². The van der Waals surface area contributed by atoms with E-state index in [2.05, 4.69) is 31.1 Å². The Kier molecular flexibility index (Phi) is 3.56. The second kappa shape index (κ2) is 5.00. The van der Waals surface area contributed by atoms with Gasteiger partial charge >= 0.3 is 0 Å². The van der Waals surface area contributed by atoms with Crippen LogP contribution in [0.2, 0.25) is 19.6 Å². The van der Waals surface area contributed by atoms with E-state index in [1.807, 2.05) is 0 Å². The van der Waals surface area contributed by atoms with Crippen molar-refractivity contribution < 1.29 is 14.4 Å². The Bertz CT molecular complexity index is 558. The quantitative estimate of drug-likeness (QED) is 0.471. The number of hydrogen-bond donors (Lipinski definition) is 0. The van der Waals surface area contributed by atoms with Crippen molar-refractivity contribution in [3.8, 4) is 11.5 Å². The Hall–Kier alpha value is -1.90. The van der Waals surface area contributed by atoms with E-state index >= 15 is 0 Å². The molecule has 0 saturated carbocycles. The van der Waals surface area contributed by atoms with E-state index in [-0.39, 0.29) is 6.61 Å². The summed E-state index contributed by atoms with van der Waals surface area (Å²) in [7, 11) is -1.46. The van der Waals surface area contributed by atoms with Crippen LogP contribution in [0.4, 0.5) is 0 Å². The summed E-state index contributed by atoms with van der Waals surface area (Å²) in [5.74, 6) is 2.02. The van der Waals surface area contributed by atoms with Gasteiger partial charge < -0.3 is 0 Å². The second-order valence-electron chi connectivity index (χ2n) is 5.28. The molecule has 4 nitrogen and oxygen atoms in total. The van der Waals surface area contributed by atoms with Gasteiger partial charge in [-0.15, -0.1) is 10.6 Å². The molecule has 2 amide bonds. The minimum atomic E-state index is -1.46. The average molecular weight is 273 g/mol. The molecule has 19 heavy (non-hydrogen) atoms. The molecule has 5 heteroatoms. The lowest BCUT2D eigenvalue weighted by molar-refractivity contribution is -0.0781. The Morgan fingerprint density at radius 1 is 1.11 bits per heavy atom. The summed E-state index contributed by atoms with van der Waals surface area (Å²) >= 11 is 0. The molecule has 0 spiro atoms. The summed E-state index contributed by atoms with van der Waals surface area (Å²) in [4.78, 5) is 29.1. The molecule has 1 aromatic carbocycles. The molecule has 0 radical (unpaired) electrons. The normalized spacial score (nSPS) is 14.2. The van der Waals surface area contributed by atoms with Crippen LogP contribution < -0.4 is 0 Å². The Morgan fingerprint density at radius 2 is 1.63 bits per heavy atom. The highest BCUT2D eigenvalue weighted by molar-refractivity contribution is 6.83. The third kappa shape index (κ3) is 2.92. The Labute approximate surface area is 113 Å². The van der Waals surface area contributed by atoms with E-state index in [9.17, 15) is 9.59 Å². The van der Waals surface area contributed by atoms with Gasteiger partial charge in [-0.2, -0.15) is 0 Å². The molecular formula is C14H15NO3Si. The molecule has 0 N–H and O–H groups in total. The van der Waals surface area contributed by atoms with Crippen molar-refractivity contribution in [1.82, 2.24) is 5.06 Å². The fraction of sp³-hybridized carbons (Fsp3) is 0.286. The van der Waals surface area contributed by atoms with Crippen molar-refractivity contribution in [1.29, 1.82) is 0 Å². The Morgan fingerprint density at radius 3 is 2.11 bits per heavy atom. The molecule has 0 atom stereocenters. The van der Waals surface area contributed by atoms with Crippen LogP contribution in [0.25, 0.3) is 0 Å². The van der Waals surface area contributed by atoms with Crippen molar-refractivity contribution in [2.75, 3.05) is 6.61 Å². The minimum absolute atomic E-state index is 0.0513. The summed E-state index contributed by atoms with van der Waals surface area (Å²) in [6, 6.07) is 6.68. The highest BCUT2D eigenvalue weighted by atomic mass is 28.3. The lowest BCUT2D eigenvalue weighted by Crippen LogP contribution is -2.30. The monoisotopic (exact) mass is 273 g/mol. The third-order valence-electron chi connectivity index (χ3n) is 2.49. The molecule has 0 bridgehead atoms. The fourth-order valence-electron chi connectivity index (χ4n) is 1.68. The molecular weight excluding hydrogens is 258 g/mol. The molecule has 0 aliphatic carbocycles. The van der Waals surface area contributed by atoms with Gasteiger partial charge in [0, 0.05) is 0 Å². The smallest absolute Gasteiger partial charge is 0.266 e. The molecule has 0 saturated heterocycles. The maximum Gasteiger partial charge on any atom is 0.285 e. The fourth-order valence-corrected chi connectivity index (χ4v) is 2.28. The van der Waals surface area contributed by atoms with E-state index in [0.717, 1.165) is 5.06 Å². The largest absolute Gasteiger partial charge is 0.285 e. The zero-order chi connectivity index (χ0) is 14.0. The number of imide groups is 1. The topological polar surface area (TPSA) is 46.6 Å². The van der Waals surface area contributed by atoms with Crippen molar-refractivity contribution >= 4 is 19.9 Å². The molecule has 2 rings (SSSR count). The number of nitrogens with zero attached hydrogens (tertiary/aromatic N) is 1. The first-order valence-corrected chi connectivity index (χ1v) is 9.51. The van der Waals surface area contributed by atoms with E-state index in [4.69, 9.17) is 4.84 Å². The number of benzene rings is 1. The summed E-state index contributed by atoms with van der Waals surface area (Å²) in [5, 5.41) is 0.795. The van der Waals surface area contributed by atoms with Gasteiger partial charge in [-0.25, -0.2) is 4.84 Å². The van der Waals surface area contributed by atoms with Gasteiger partial charge in [-0.3, -0.25) is 9.59 Å². The lowest BCUT2D eigenvalue weighted by Gasteiger charge is -2.11. The van der Waals surface area contributed by atoms with Crippen LogP contribution in [-0.4, -0.2) is 31.6 Å². The minimum Gasteiger partial charge on any atom is -0.266 e. The highest BCUT2D eigenvalue weighted by Crippen LogP contribution is 2.22. The van der Waals surface area contributed by atoms with Crippen LogP contribution in [0.3, 0.4) is 0 Å². The maximum atomic E-state index is 11.9. The first-order valence-electron chi connectivity index (χ1n) is 6.01. The van der Waals surface area contributed by atoms with Crippen LogP contribution >= 0.6 is 0 Å². The van der Waals surface area contributed by atoms with Gasteiger partial charge in [0.15, 0.2) is 0 Å². The van der Waals surface area contributed by atoms with E-state index in [0.29, 0.717) is 11.1 Å². The number of hydrogen-bond acceptors (Lipinski definition) is 3. The number of fused-ring (bicyclic) bond motifs is 1. The second-order valence-corrected chi connectivity index (χ2v) is 10.0. The molecule has 1 aliphatic rings. The molecule has 1 aliphatic heterocycles. The molecule has 98 valence electrons. The molecule has 0 fully saturated rings. The zero-order valence-electron chi connectivity index (χ0n) is 11.2. The predicted octanol–water partition coefficient (Wildman–Crippen LogP) is 2.09. The van der Waals surface area contributed by atoms with E-state index < -0.39 is 19.9 Å². The third-order valence-corrected chi connectivity index (χ3v) is 3.41. The maximum absolute atomic E-state index is 11.9. The van der Waals surface area contributed by atoms with Crippen LogP contribution in [0.5, 0.6) is 0 Å². The van der Waals surface area contributed by atoms with Gasteiger partial charge in [0.1, 0.15) is 14.7 Å². The molecule has 1 heterocycles. The lowest BCUT2D eigenvalue weighted by atomic mass is 10.1. The van der Waals surface area contributed by atoms with Crippen LogP contribution in [0.15, 0.2) is 24.3 Å². The first kappa shape index (κ1) is 13.5. The molecule has 0 unspecified atom stereocenters. The first-order chi connectivity index (χ1) is 8.90. The summed E-state index contributed by atoms with van der Waals surface area (Å²) in [5.41, 5.74) is 3.87. The van der Waals surface area contributed by atoms with Crippen molar-refractivity contribution in [3.05, 3.63) is 35.4 Å². The van der Waals surface area contributed by atoms with Gasteiger partial charge in [0.05, 0.1) is 11.1 Å². The zero-order valence-corrected chi connectivity index (χ0v) is 12.2. The highest BCUT2D eigenvalue weighted by Gasteiger charge is 2.36. The summed E-state index contributed by atoms with van der Waals surface area (Å²) < 4.78 is 0. The average Bonchev–Trinajstić information content (AvgIpc) is 2.58. The van der Waals surface area contributed by atoms with Gasteiger partial charge in [-0.1, -0.05) is 37.7 Å². The molecule has 0 aromatic heterocycles. The van der Waals surface area contributed by atoms with Crippen LogP contribution in [0.1, 0.15) is 20.7 Å². The number of carbonyl (C=O) groups is 2. The van der Waals surface area contributed by atoms with Crippen molar-refractivity contribution in [2.24, 2.45) is 0 Å². The summed E-state index contributed by atoms with van der Waals surface area (Å²) in [6.07, 6.45) is 0. The number of carbonyl (C=O) groups excluding carboxylic acids is 2. The van der Waals surface area contributed by atoms with Crippen molar-refractivity contribution in [3.63, 3.8) is 0 Å². The van der Waals surface area contributed by atoms with Gasteiger partial charge in [-0.05, 0) is 12.1 Å². The standard InChI is InChI=1S/C14H15NO3Si/c1-19(2,3)10-6-9-18-15-13(16)11-7-4-5-8-12(11)14(15)17/h4-5,7-8H,9H2,1-3H3. The summed E-state index contributed by atoms with van der Waals surface area (Å²) in [6.45, 7) is 6.39.